The predicted molar refractivity (Wildman–Crippen MR) is 95.0 cm³/mol. The number of hydrogen-bond donors (Lipinski definition) is 0. The summed E-state index contributed by atoms with van der Waals surface area (Å²) >= 11 is 0. The Labute approximate surface area is 154 Å². The molecule has 0 aromatic rings. The summed E-state index contributed by atoms with van der Waals surface area (Å²) in [4.78, 5) is 13.9. The molecule has 3 aliphatic heterocycles. The number of likely N-dealkylation sites (tertiary alicyclic amines) is 1. The van der Waals surface area contributed by atoms with Crippen LogP contribution < -0.4 is 0 Å². The summed E-state index contributed by atoms with van der Waals surface area (Å²) in [5.74, 6) is 0.347. The lowest BCUT2D eigenvalue weighted by Crippen LogP contribution is -2.36. The highest BCUT2D eigenvalue weighted by molar-refractivity contribution is 5.68. The Morgan fingerprint density at radius 2 is 2.08 bits per heavy atom. The molecule has 3 heterocycles. The van der Waals surface area contributed by atoms with Gasteiger partial charge in [0, 0.05) is 25.7 Å². The van der Waals surface area contributed by atoms with Crippen LogP contribution in [0.2, 0.25) is 0 Å². The fourth-order valence-corrected chi connectivity index (χ4v) is 3.34. The molecule has 0 saturated carbocycles. The van der Waals surface area contributed by atoms with Gasteiger partial charge in [-0.15, -0.1) is 4.68 Å². The van der Waals surface area contributed by atoms with Crippen molar-refractivity contribution in [1.29, 1.82) is 0 Å². The van der Waals surface area contributed by atoms with E-state index in [1.807, 2.05) is 20.8 Å². The zero-order valence-corrected chi connectivity index (χ0v) is 15.9. The van der Waals surface area contributed by atoms with Gasteiger partial charge in [0.15, 0.2) is 0 Å². The van der Waals surface area contributed by atoms with Gasteiger partial charge in [-0.1, -0.05) is 0 Å². The van der Waals surface area contributed by atoms with Crippen molar-refractivity contribution in [3.8, 4) is 0 Å². The zero-order chi connectivity index (χ0) is 18.7. The van der Waals surface area contributed by atoms with Crippen molar-refractivity contribution in [1.82, 2.24) is 4.90 Å². The lowest BCUT2D eigenvalue weighted by Gasteiger charge is -2.24. The Balaban J connectivity index is 1.53. The average Bonchev–Trinajstić information content (AvgIpc) is 3.19. The molecule has 1 atom stereocenters. The number of allylic oxidation sites excluding steroid dienone is 1. The maximum absolute atomic E-state index is 12.2. The third-order valence-electron chi connectivity index (χ3n) is 4.73. The molecular formula is C18H29N4O4+. The summed E-state index contributed by atoms with van der Waals surface area (Å²) in [7, 11) is 0. The maximum atomic E-state index is 12.2. The minimum absolute atomic E-state index is 0.0139. The molecule has 8 nitrogen and oxygen atoms in total. The van der Waals surface area contributed by atoms with E-state index in [1.165, 1.54) is 0 Å². The molecule has 0 aliphatic carbocycles. The first-order valence-electron chi connectivity index (χ1n) is 9.26. The van der Waals surface area contributed by atoms with E-state index in [-0.39, 0.29) is 12.2 Å². The average molecular weight is 365 g/mol. The molecule has 8 heteroatoms. The molecule has 1 unspecified atom stereocenters. The second kappa shape index (κ2) is 7.84. The molecule has 0 N–H and O–H groups in total. The molecule has 26 heavy (non-hydrogen) atoms. The Morgan fingerprint density at radius 1 is 1.35 bits per heavy atom. The number of ether oxygens (including phenoxy) is 3. The summed E-state index contributed by atoms with van der Waals surface area (Å²) in [6.45, 7) is 12.6. The van der Waals surface area contributed by atoms with Crippen LogP contribution in [0.5, 0.6) is 0 Å². The van der Waals surface area contributed by atoms with Gasteiger partial charge in [0.1, 0.15) is 17.4 Å². The van der Waals surface area contributed by atoms with E-state index >= 15 is 0 Å². The molecule has 0 bridgehead atoms. The van der Waals surface area contributed by atoms with Crippen LogP contribution in [0.25, 0.3) is 0 Å². The monoisotopic (exact) mass is 365 g/mol. The van der Waals surface area contributed by atoms with Crippen molar-refractivity contribution < 1.29 is 23.7 Å². The molecule has 0 aromatic carbocycles. The van der Waals surface area contributed by atoms with Crippen LogP contribution in [0.1, 0.15) is 40.0 Å². The highest BCUT2D eigenvalue weighted by Gasteiger charge is 2.36. The third-order valence-corrected chi connectivity index (χ3v) is 4.73. The highest BCUT2D eigenvalue weighted by atomic mass is 16.6. The normalized spacial score (nSPS) is 24.7. The number of rotatable bonds is 4. The first kappa shape index (κ1) is 19.0. The van der Waals surface area contributed by atoms with E-state index < -0.39 is 5.60 Å². The molecule has 3 aliphatic rings. The largest absolute Gasteiger partial charge is 0.444 e. The fraction of sp³-hybridized carbons (Fsp3) is 0.778. The standard InChI is InChI=1S/C18H29N4O4/c1-18(2,3)26-17(23)22-8-5-14(11-22)25-12-15-16(19-20-21(15)4)13-6-9-24-10-7-13/h13-14H,4-12H2,1-3H3/q+1. The van der Waals surface area contributed by atoms with Gasteiger partial charge in [-0.25, -0.2) is 4.79 Å². The Kier molecular flexibility index (Phi) is 5.72. The molecule has 0 aromatic heterocycles. The maximum Gasteiger partial charge on any atom is 0.410 e. The molecular weight excluding hydrogens is 336 g/mol. The number of amides is 1. The SMILES string of the molecule is C=[N+]1N=NC(C2CCOCC2)=C1COC1CCN(C(=O)OC(C)(C)C)C1. The van der Waals surface area contributed by atoms with Gasteiger partial charge in [-0.05, 0) is 40.0 Å². The van der Waals surface area contributed by atoms with E-state index in [2.05, 4.69) is 17.1 Å². The summed E-state index contributed by atoms with van der Waals surface area (Å²) in [5.41, 5.74) is 1.39. The number of nitrogens with zero attached hydrogens (tertiary/aromatic N) is 4. The van der Waals surface area contributed by atoms with Crippen LogP contribution >= 0.6 is 0 Å². The van der Waals surface area contributed by atoms with Crippen molar-refractivity contribution in [3.05, 3.63) is 11.4 Å². The molecule has 0 spiro atoms. The van der Waals surface area contributed by atoms with E-state index in [1.54, 1.807) is 9.58 Å². The second-order valence-corrected chi connectivity index (χ2v) is 7.96. The fourth-order valence-electron chi connectivity index (χ4n) is 3.34. The summed E-state index contributed by atoms with van der Waals surface area (Å²) in [6, 6.07) is 0. The van der Waals surface area contributed by atoms with Crippen molar-refractivity contribution in [2.45, 2.75) is 51.7 Å². The van der Waals surface area contributed by atoms with Crippen LogP contribution in [-0.2, 0) is 14.2 Å². The summed E-state index contributed by atoms with van der Waals surface area (Å²) in [5, 5.41) is 8.37. The molecule has 1 amide bonds. The number of hydrogen-bond acceptors (Lipinski definition) is 6. The van der Waals surface area contributed by atoms with Crippen molar-refractivity contribution in [3.63, 3.8) is 0 Å². The second-order valence-electron chi connectivity index (χ2n) is 7.96. The van der Waals surface area contributed by atoms with Crippen LogP contribution in [-0.4, -0.2) is 67.0 Å². The smallest absolute Gasteiger partial charge is 0.410 e. The Hall–Kier alpha value is -1.80. The van der Waals surface area contributed by atoms with Gasteiger partial charge >= 0.3 is 6.09 Å². The van der Waals surface area contributed by atoms with Crippen LogP contribution in [0.3, 0.4) is 0 Å². The molecule has 2 fully saturated rings. The number of carbonyl (C=O) groups excluding carboxylic acids is 1. The van der Waals surface area contributed by atoms with E-state index in [0.29, 0.717) is 25.6 Å². The zero-order valence-electron chi connectivity index (χ0n) is 15.9. The van der Waals surface area contributed by atoms with E-state index in [9.17, 15) is 4.79 Å². The number of carbonyl (C=O) groups is 1. The van der Waals surface area contributed by atoms with Gasteiger partial charge in [0.05, 0.1) is 24.5 Å². The third kappa shape index (κ3) is 4.67. The summed E-state index contributed by atoms with van der Waals surface area (Å²) < 4.78 is 18.4. The van der Waals surface area contributed by atoms with Gasteiger partial charge in [-0.3, -0.25) is 0 Å². The summed E-state index contributed by atoms with van der Waals surface area (Å²) in [6.07, 6.45) is 2.39. The highest BCUT2D eigenvalue weighted by Crippen LogP contribution is 2.31. The molecule has 2 saturated heterocycles. The van der Waals surface area contributed by atoms with Crippen LogP contribution in [0, 0.1) is 5.92 Å². The first-order chi connectivity index (χ1) is 12.3. The topological polar surface area (TPSA) is 75.7 Å². The van der Waals surface area contributed by atoms with Gasteiger partial charge in [-0.2, -0.15) is 0 Å². The predicted octanol–water partition coefficient (Wildman–Crippen LogP) is 2.74. The van der Waals surface area contributed by atoms with Crippen molar-refractivity contribution in [2.24, 2.45) is 16.3 Å². The van der Waals surface area contributed by atoms with Gasteiger partial charge in [0.25, 0.3) is 0 Å². The minimum Gasteiger partial charge on any atom is -0.444 e. The quantitative estimate of drug-likeness (QED) is 0.718. The Morgan fingerprint density at radius 3 is 2.77 bits per heavy atom. The van der Waals surface area contributed by atoms with Gasteiger partial charge < -0.3 is 19.1 Å². The van der Waals surface area contributed by atoms with Crippen LogP contribution in [0.15, 0.2) is 21.7 Å². The Bertz CT molecular complexity index is 617. The van der Waals surface area contributed by atoms with E-state index in [0.717, 1.165) is 43.9 Å². The molecule has 3 rings (SSSR count). The van der Waals surface area contributed by atoms with Crippen molar-refractivity contribution >= 4 is 12.8 Å². The lowest BCUT2D eigenvalue weighted by atomic mass is 9.95. The first-order valence-corrected chi connectivity index (χ1v) is 9.26. The van der Waals surface area contributed by atoms with Gasteiger partial charge in [0.2, 0.25) is 11.4 Å². The molecule has 144 valence electrons. The minimum atomic E-state index is -0.485. The van der Waals surface area contributed by atoms with E-state index in [4.69, 9.17) is 14.2 Å². The van der Waals surface area contributed by atoms with Crippen molar-refractivity contribution in [2.75, 3.05) is 32.9 Å². The lowest BCUT2D eigenvalue weighted by molar-refractivity contribution is -0.480. The molecule has 0 radical (unpaired) electrons. The van der Waals surface area contributed by atoms with Crippen LogP contribution in [0.4, 0.5) is 4.79 Å².